The Labute approximate surface area is 113 Å². The van der Waals surface area contributed by atoms with Gasteiger partial charge in [0.1, 0.15) is 0 Å². The number of hydrogen-bond acceptors (Lipinski definition) is 0. The summed E-state index contributed by atoms with van der Waals surface area (Å²) in [5.74, 6) is 0. The van der Waals surface area contributed by atoms with E-state index in [9.17, 15) is 0 Å². The molecular weight excluding hydrogens is 216 g/mol. The Bertz CT molecular complexity index is 311. The predicted molar refractivity (Wildman–Crippen MR) is 78.6 cm³/mol. The smallest absolute Gasteiger partial charge is 0.0120 e. The first-order valence-corrected chi connectivity index (χ1v) is 8.31. The van der Waals surface area contributed by atoms with Gasteiger partial charge in [-0.15, -0.1) is 0 Å². The van der Waals surface area contributed by atoms with Crippen LogP contribution in [-0.2, 0) is 0 Å². The van der Waals surface area contributed by atoms with E-state index in [0.29, 0.717) is 5.41 Å². The highest BCUT2D eigenvalue weighted by Gasteiger charge is 2.38. The highest BCUT2D eigenvalue weighted by atomic mass is 14.4. The third kappa shape index (κ3) is 2.31. The van der Waals surface area contributed by atoms with Crippen LogP contribution < -0.4 is 0 Å². The van der Waals surface area contributed by atoms with E-state index in [4.69, 9.17) is 0 Å². The van der Waals surface area contributed by atoms with Crippen molar-refractivity contribution in [2.75, 3.05) is 0 Å². The van der Waals surface area contributed by atoms with Gasteiger partial charge < -0.3 is 0 Å². The molecule has 0 amide bonds. The van der Waals surface area contributed by atoms with Crippen LogP contribution in [0, 0.1) is 5.41 Å². The fourth-order valence-corrected chi connectivity index (χ4v) is 4.55. The van der Waals surface area contributed by atoms with E-state index in [2.05, 4.69) is 12.2 Å². The van der Waals surface area contributed by atoms with E-state index in [1.807, 2.05) is 11.1 Å². The summed E-state index contributed by atoms with van der Waals surface area (Å²) in [7, 11) is 0. The molecule has 100 valence electrons. The zero-order valence-corrected chi connectivity index (χ0v) is 11.8. The zero-order valence-electron chi connectivity index (χ0n) is 11.8. The molecule has 3 rings (SSSR count). The van der Waals surface area contributed by atoms with Gasteiger partial charge in [0, 0.05) is 5.41 Å². The van der Waals surface area contributed by atoms with Gasteiger partial charge in [0.15, 0.2) is 0 Å². The first kappa shape index (κ1) is 12.5. The summed E-state index contributed by atoms with van der Waals surface area (Å²) in [4.78, 5) is 0. The maximum Gasteiger partial charge on any atom is 0.0120 e. The van der Waals surface area contributed by atoms with E-state index in [1.165, 1.54) is 83.5 Å². The molecule has 0 saturated heterocycles. The molecule has 18 heavy (non-hydrogen) atoms. The molecule has 0 nitrogen and oxygen atoms in total. The van der Waals surface area contributed by atoms with Gasteiger partial charge in [0.05, 0.1) is 0 Å². The number of hydrogen-bond donors (Lipinski definition) is 0. The van der Waals surface area contributed by atoms with Gasteiger partial charge in [-0.25, -0.2) is 0 Å². The SMILES string of the molecule is C1=C(C2(C3=CCCCC3)CCCCC2)CCCC1. The molecule has 0 radical (unpaired) electrons. The fourth-order valence-electron chi connectivity index (χ4n) is 4.55. The molecule has 3 aliphatic rings. The second-order valence-electron chi connectivity index (χ2n) is 6.59. The molecule has 3 aliphatic carbocycles. The average molecular weight is 244 g/mol. The van der Waals surface area contributed by atoms with Crippen LogP contribution in [0.15, 0.2) is 23.3 Å². The van der Waals surface area contributed by atoms with Crippen molar-refractivity contribution < 1.29 is 0 Å². The van der Waals surface area contributed by atoms with Gasteiger partial charge in [-0.05, 0) is 64.2 Å². The molecular formula is C18H28. The Morgan fingerprint density at radius 2 is 1.17 bits per heavy atom. The average Bonchev–Trinajstić information content (AvgIpc) is 2.50. The summed E-state index contributed by atoms with van der Waals surface area (Å²) < 4.78 is 0. The molecule has 0 heterocycles. The molecule has 0 atom stereocenters. The Kier molecular flexibility index (Phi) is 3.91. The van der Waals surface area contributed by atoms with Crippen molar-refractivity contribution in [1.29, 1.82) is 0 Å². The highest BCUT2D eigenvalue weighted by Crippen LogP contribution is 2.52. The van der Waals surface area contributed by atoms with Crippen molar-refractivity contribution in [1.82, 2.24) is 0 Å². The summed E-state index contributed by atoms with van der Waals surface area (Å²) >= 11 is 0. The third-order valence-corrected chi connectivity index (χ3v) is 5.52. The Morgan fingerprint density at radius 1 is 0.611 bits per heavy atom. The van der Waals surface area contributed by atoms with Crippen LogP contribution in [-0.4, -0.2) is 0 Å². The first-order chi connectivity index (χ1) is 8.92. The van der Waals surface area contributed by atoms with E-state index < -0.39 is 0 Å². The monoisotopic (exact) mass is 244 g/mol. The van der Waals surface area contributed by atoms with Crippen LogP contribution in [0.2, 0.25) is 0 Å². The summed E-state index contributed by atoms with van der Waals surface area (Å²) in [6.07, 6.45) is 23.8. The van der Waals surface area contributed by atoms with Crippen molar-refractivity contribution in [3.8, 4) is 0 Å². The zero-order chi connectivity index (χ0) is 12.3. The minimum atomic E-state index is 0.541. The molecule has 0 aromatic carbocycles. The molecule has 1 fully saturated rings. The topological polar surface area (TPSA) is 0 Å². The molecule has 0 spiro atoms. The van der Waals surface area contributed by atoms with Gasteiger partial charge in [-0.3, -0.25) is 0 Å². The lowest BCUT2D eigenvalue weighted by molar-refractivity contribution is 0.265. The summed E-state index contributed by atoms with van der Waals surface area (Å²) in [5, 5.41) is 0. The van der Waals surface area contributed by atoms with Crippen LogP contribution in [0.3, 0.4) is 0 Å². The standard InChI is InChI=1S/C18H28/c1-4-10-16(11-5-1)18(14-8-3-9-15-18)17-12-6-2-7-13-17/h10,12H,1-9,11,13-15H2. The van der Waals surface area contributed by atoms with Crippen LogP contribution in [0.25, 0.3) is 0 Å². The van der Waals surface area contributed by atoms with E-state index in [1.54, 1.807) is 0 Å². The minimum Gasteiger partial charge on any atom is -0.0844 e. The van der Waals surface area contributed by atoms with Gasteiger partial charge in [0.2, 0.25) is 0 Å². The van der Waals surface area contributed by atoms with Gasteiger partial charge in [-0.1, -0.05) is 42.6 Å². The highest BCUT2D eigenvalue weighted by molar-refractivity contribution is 5.32. The molecule has 0 unspecified atom stereocenters. The quantitative estimate of drug-likeness (QED) is 0.527. The number of rotatable bonds is 2. The van der Waals surface area contributed by atoms with Crippen molar-refractivity contribution in [2.45, 2.75) is 83.5 Å². The van der Waals surface area contributed by atoms with Crippen LogP contribution >= 0.6 is 0 Å². The Morgan fingerprint density at radius 3 is 1.61 bits per heavy atom. The van der Waals surface area contributed by atoms with Crippen molar-refractivity contribution in [3.63, 3.8) is 0 Å². The van der Waals surface area contributed by atoms with E-state index >= 15 is 0 Å². The molecule has 1 saturated carbocycles. The maximum absolute atomic E-state index is 2.63. The summed E-state index contributed by atoms with van der Waals surface area (Å²) in [6.45, 7) is 0. The summed E-state index contributed by atoms with van der Waals surface area (Å²) in [6, 6.07) is 0. The minimum absolute atomic E-state index is 0.541. The second-order valence-corrected chi connectivity index (χ2v) is 6.59. The second kappa shape index (κ2) is 5.63. The molecule has 0 aromatic heterocycles. The van der Waals surface area contributed by atoms with Crippen LogP contribution in [0.4, 0.5) is 0 Å². The Balaban J connectivity index is 1.91. The molecule has 0 N–H and O–H groups in total. The first-order valence-electron chi connectivity index (χ1n) is 8.31. The molecule has 0 aliphatic heterocycles. The number of allylic oxidation sites excluding steroid dienone is 4. The molecule has 0 bridgehead atoms. The van der Waals surface area contributed by atoms with Crippen molar-refractivity contribution >= 4 is 0 Å². The van der Waals surface area contributed by atoms with Gasteiger partial charge in [-0.2, -0.15) is 0 Å². The van der Waals surface area contributed by atoms with E-state index in [-0.39, 0.29) is 0 Å². The largest absolute Gasteiger partial charge is 0.0844 e. The van der Waals surface area contributed by atoms with Gasteiger partial charge >= 0.3 is 0 Å². The summed E-state index contributed by atoms with van der Waals surface area (Å²) in [5.41, 5.74) is 4.24. The fraction of sp³-hybridized carbons (Fsp3) is 0.778. The van der Waals surface area contributed by atoms with Crippen LogP contribution in [0.5, 0.6) is 0 Å². The van der Waals surface area contributed by atoms with E-state index in [0.717, 1.165) is 0 Å². The third-order valence-electron chi connectivity index (χ3n) is 5.52. The van der Waals surface area contributed by atoms with Crippen LogP contribution in [0.1, 0.15) is 83.5 Å². The van der Waals surface area contributed by atoms with Crippen molar-refractivity contribution in [3.05, 3.63) is 23.3 Å². The lowest BCUT2D eigenvalue weighted by Crippen LogP contribution is -2.30. The normalized spacial score (nSPS) is 28.4. The molecule has 0 aromatic rings. The Hall–Kier alpha value is -0.520. The maximum atomic E-state index is 2.63. The predicted octanol–water partition coefficient (Wildman–Crippen LogP) is 5.94. The molecule has 0 heteroatoms. The lowest BCUT2D eigenvalue weighted by atomic mass is 9.61. The van der Waals surface area contributed by atoms with Crippen molar-refractivity contribution in [2.24, 2.45) is 5.41 Å². The van der Waals surface area contributed by atoms with Gasteiger partial charge in [0.25, 0.3) is 0 Å². The lowest BCUT2D eigenvalue weighted by Gasteiger charge is -2.44.